The molecule has 200 valence electrons. The van der Waals surface area contributed by atoms with Crippen LogP contribution in [0.15, 0.2) is 91.0 Å². The van der Waals surface area contributed by atoms with Crippen LogP contribution in [-0.4, -0.2) is 51.2 Å². The number of carbonyl (C=O) groups excluding carboxylic acids is 1. The first-order valence-corrected chi connectivity index (χ1v) is 13.4. The molecule has 0 spiro atoms. The van der Waals surface area contributed by atoms with Crippen LogP contribution in [0.25, 0.3) is 11.1 Å². The highest BCUT2D eigenvalue weighted by atomic mass is 35.5. The Morgan fingerprint density at radius 3 is 2.41 bits per heavy atom. The van der Waals surface area contributed by atoms with Crippen molar-refractivity contribution < 1.29 is 14.3 Å². The number of rotatable bonds is 8. The van der Waals surface area contributed by atoms with E-state index in [0.29, 0.717) is 17.1 Å². The van der Waals surface area contributed by atoms with Gasteiger partial charge in [0.05, 0.1) is 7.11 Å². The molecule has 6 nitrogen and oxygen atoms in total. The lowest BCUT2D eigenvalue weighted by atomic mass is 9.99. The third-order valence-electron chi connectivity index (χ3n) is 7.03. The molecule has 0 unspecified atom stereocenters. The molecule has 1 heterocycles. The van der Waals surface area contributed by atoms with E-state index in [0.717, 1.165) is 49.1 Å². The van der Waals surface area contributed by atoms with Gasteiger partial charge in [-0.3, -0.25) is 4.90 Å². The van der Waals surface area contributed by atoms with Crippen molar-refractivity contribution in [2.75, 3.05) is 50.6 Å². The maximum atomic E-state index is 12.5. The van der Waals surface area contributed by atoms with Crippen LogP contribution in [0.4, 0.5) is 11.4 Å². The highest BCUT2D eigenvalue weighted by Crippen LogP contribution is 2.33. The number of carbonyl (C=O) groups is 1. The van der Waals surface area contributed by atoms with Crippen LogP contribution < -0.4 is 15.0 Å². The van der Waals surface area contributed by atoms with Gasteiger partial charge in [-0.05, 0) is 53.1 Å². The van der Waals surface area contributed by atoms with Gasteiger partial charge in [0.2, 0.25) is 0 Å². The molecule has 0 aliphatic carbocycles. The Morgan fingerprint density at radius 1 is 0.897 bits per heavy atom. The maximum Gasteiger partial charge on any atom is 0.341 e. The lowest BCUT2D eigenvalue weighted by Crippen LogP contribution is -2.46. The van der Waals surface area contributed by atoms with E-state index in [1.807, 2.05) is 55.6 Å². The second-order valence-electron chi connectivity index (χ2n) is 9.48. The Bertz CT molecular complexity index is 1430. The zero-order valence-electron chi connectivity index (χ0n) is 22.2. The summed E-state index contributed by atoms with van der Waals surface area (Å²) in [4.78, 5) is 17.3. The topological polar surface area (TPSA) is 54.0 Å². The lowest BCUT2D eigenvalue weighted by Gasteiger charge is -2.36. The number of hydrogen-bond donors (Lipinski definition) is 1. The summed E-state index contributed by atoms with van der Waals surface area (Å²) in [6.45, 7) is 4.47. The van der Waals surface area contributed by atoms with Crippen LogP contribution in [0.3, 0.4) is 0 Å². The average Bonchev–Trinajstić information content (AvgIpc) is 2.98. The predicted molar refractivity (Wildman–Crippen MR) is 158 cm³/mol. The van der Waals surface area contributed by atoms with Gasteiger partial charge in [0.25, 0.3) is 0 Å². The van der Waals surface area contributed by atoms with Gasteiger partial charge < -0.3 is 19.7 Å². The minimum absolute atomic E-state index is 0.397. The van der Waals surface area contributed by atoms with E-state index in [1.165, 1.54) is 23.8 Å². The van der Waals surface area contributed by atoms with Gasteiger partial charge in [-0.1, -0.05) is 54.1 Å². The van der Waals surface area contributed by atoms with Gasteiger partial charge in [0, 0.05) is 68.3 Å². The molecule has 1 fully saturated rings. The fourth-order valence-electron chi connectivity index (χ4n) is 4.89. The largest absolute Gasteiger partial charge is 0.465 e. The molecule has 7 heteroatoms. The number of nitrogens with zero attached hydrogens (tertiary/aromatic N) is 2. The van der Waals surface area contributed by atoms with Crippen LogP contribution in [0.2, 0.25) is 5.02 Å². The summed E-state index contributed by atoms with van der Waals surface area (Å²) in [5.41, 5.74) is 6.05. The van der Waals surface area contributed by atoms with Crippen molar-refractivity contribution in [3.05, 3.63) is 107 Å². The van der Waals surface area contributed by atoms with E-state index in [2.05, 4.69) is 51.5 Å². The quantitative estimate of drug-likeness (QED) is 0.244. The fourth-order valence-corrected chi connectivity index (χ4v) is 5.01. The number of benzene rings is 4. The lowest BCUT2D eigenvalue weighted by molar-refractivity contribution is 0.0598. The van der Waals surface area contributed by atoms with Crippen LogP contribution >= 0.6 is 11.6 Å². The first kappa shape index (κ1) is 26.6. The molecule has 0 radical (unpaired) electrons. The number of esters is 1. The van der Waals surface area contributed by atoms with E-state index in [4.69, 9.17) is 21.1 Å². The Kier molecular flexibility index (Phi) is 8.35. The Labute approximate surface area is 234 Å². The first-order valence-electron chi connectivity index (χ1n) is 13.0. The molecule has 0 atom stereocenters. The molecule has 0 aromatic heterocycles. The Morgan fingerprint density at radius 2 is 1.67 bits per heavy atom. The summed E-state index contributed by atoms with van der Waals surface area (Å²) in [5.74, 6) is 0.700. The first-order chi connectivity index (χ1) is 19.0. The number of anilines is 2. The second kappa shape index (κ2) is 12.2. The van der Waals surface area contributed by atoms with Crippen molar-refractivity contribution in [3.8, 4) is 22.6 Å². The summed E-state index contributed by atoms with van der Waals surface area (Å²) >= 11 is 6.11. The fraction of sp³-hybridized carbons (Fsp3) is 0.219. The number of nitrogens with one attached hydrogen (secondary N) is 1. The summed E-state index contributed by atoms with van der Waals surface area (Å²) in [7, 11) is 3.24. The van der Waals surface area contributed by atoms with Gasteiger partial charge in [-0.25, -0.2) is 4.79 Å². The minimum atomic E-state index is -0.425. The Balaban J connectivity index is 1.29. The highest BCUT2D eigenvalue weighted by molar-refractivity contribution is 6.30. The van der Waals surface area contributed by atoms with Crippen LogP contribution in [0.1, 0.15) is 15.9 Å². The summed E-state index contributed by atoms with van der Waals surface area (Å²) in [5, 5.41) is 3.85. The van der Waals surface area contributed by atoms with E-state index >= 15 is 0 Å². The molecule has 39 heavy (non-hydrogen) atoms. The third kappa shape index (κ3) is 6.36. The molecule has 0 bridgehead atoms. The van der Waals surface area contributed by atoms with Gasteiger partial charge in [-0.15, -0.1) is 0 Å². The molecule has 1 aliphatic heterocycles. The highest BCUT2D eigenvalue weighted by Gasteiger charge is 2.21. The van der Waals surface area contributed by atoms with Gasteiger partial charge in [0.15, 0.2) is 0 Å². The minimum Gasteiger partial charge on any atom is -0.465 e. The summed E-state index contributed by atoms with van der Waals surface area (Å²) < 4.78 is 11.2. The maximum absolute atomic E-state index is 12.5. The predicted octanol–water partition coefficient (Wildman–Crippen LogP) is 6.95. The molecule has 1 saturated heterocycles. The zero-order valence-corrected chi connectivity index (χ0v) is 22.9. The van der Waals surface area contributed by atoms with E-state index in [1.54, 1.807) is 6.07 Å². The van der Waals surface area contributed by atoms with Crippen molar-refractivity contribution in [3.63, 3.8) is 0 Å². The van der Waals surface area contributed by atoms with Gasteiger partial charge >= 0.3 is 5.97 Å². The number of piperazine rings is 1. The van der Waals surface area contributed by atoms with Gasteiger partial charge in [0.1, 0.15) is 17.1 Å². The number of hydrogen-bond acceptors (Lipinski definition) is 6. The van der Waals surface area contributed by atoms with Crippen molar-refractivity contribution in [2.24, 2.45) is 0 Å². The smallest absolute Gasteiger partial charge is 0.341 e. The van der Waals surface area contributed by atoms with Crippen LogP contribution in [-0.2, 0) is 11.3 Å². The van der Waals surface area contributed by atoms with Crippen LogP contribution in [0.5, 0.6) is 11.5 Å². The second-order valence-corrected chi connectivity index (χ2v) is 9.92. The molecule has 1 aliphatic rings. The third-order valence-corrected chi connectivity index (χ3v) is 7.28. The van der Waals surface area contributed by atoms with Gasteiger partial charge in [-0.2, -0.15) is 0 Å². The molecular weight excluding hydrogens is 510 g/mol. The van der Waals surface area contributed by atoms with Crippen LogP contribution in [0, 0.1) is 0 Å². The molecule has 0 saturated carbocycles. The number of methoxy groups -OCH3 is 1. The molecule has 1 N–H and O–H groups in total. The standard InChI is InChI=1S/C32H32ClN3O3/c1-34-26-7-5-8-28(20-26)39-31-21-27(14-15-30(31)32(37)38-2)36-18-16-35(17-19-36)22-24-6-3-4-9-29(24)23-10-12-25(33)13-11-23/h3-15,20-21,34H,16-19,22H2,1-2H3. The zero-order chi connectivity index (χ0) is 27.2. The number of ether oxygens (including phenoxy) is 2. The normalized spacial score (nSPS) is 13.7. The van der Waals surface area contributed by atoms with Crippen molar-refractivity contribution in [1.82, 2.24) is 4.90 Å². The molecule has 4 aromatic carbocycles. The van der Waals surface area contributed by atoms with E-state index < -0.39 is 5.97 Å². The average molecular weight is 542 g/mol. The monoisotopic (exact) mass is 541 g/mol. The molecule has 5 rings (SSSR count). The molecular formula is C32H32ClN3O3. The number of halogens is 1. The van der Waals surface area contributed by atoms with E-state index in [9.17, 15) is 4.79 Å². The Hall–Kier alpha value is -4.00. The summed E-state index contributed by atoms with van der Waals surface area (Å²) in [6, 6.07) is 29.9. The van der Waals surface area contributed by atoms with E-state index in [-0.39, 0.29) is 0 Å². The SMILES string of the molecule is CNc1cccc(Oc2cc(N3CCN(Cc4ccccc4-c4ccc(Cl)cc4)CC3)ccc2C(=O)OC)c1. The molecule has 0 amide bonds. The van der Waals surface area contributed by atoms with Crippen molar-refractivity contribution >= 4 is 28.9 Å². The van der Waals surface area contributed by atoms with Crippen molar-refractivity contribution in [2.45, 2.75) is 6.54 Å². The summed E-state index contributed by atoms with van der Waals surface area (Å²) in [6.07, 6.45) is 0. The van der Waals surface area contributed by atoms with Crippen molar-refractivity contribution in [1.29, 1.82) is 0 Å². The molecule has 4 aromatic rings.